The number of nitrogens with zero attached hydrogens (tertiary/aromatic N) is 1. The standard InChI is InChI=1S/C15H16F5NO4/c16-13(17)24-6-4-9-7-10(15(18,19)20)1-2-12(9)25-11-3-5-21(8-11)14(22)23/h1-2,7,11,13H,3-6,8H2,(H,22,23). The van der Waals surface area contributed by atoms with Gasteiger partial charge in [0.15, 0.2) is 0 Å². The molecule has 1 N–H and O–H groups in total. The fourth-order valence-corrected chi connectivity index (χ4v) is 2.50. The minimum atomic E-state index is -4.58. The lowest BCUT2D eigenvalue weighted by Gasteiger charge is -2.18. The Bertz CT molecular complexity index is 608. The van der Waals surface area contributed by atoms with Crippen molar-refractivity contribution in [3.63, 3.8) is 0 Å². The van der Waals surface area contributed by atoms with Crippen molar-refractivity contribution >= 4 is 6.09 Å². The maximum Gasteiger partial charge on any atom is 0.416 e. The highest BCUT2D eigenvalue weighted by Gasteiger charge is 2.32. The van der Waals surface area contributed by atoms with Crippen molar-refractivity contribution in [2.75, 3.05) is 19.7 Å². The van der Waals surface area contributed by atoms with Gasteiger partial charge in [-0.1, -0.05) is 0 Å². The molecule has 1 atom stereocenters. The molecule has 0 saturated carbocycles. The van der Waals surface area contributed by atoms with Crippen LogP contribution in [0.4, 0.5) is 26.7 Å². The van der Waals surface area contributed by atoms with Crippen LogP contribution in [0.2, 0.25) is 0 Å². The summed E-state index contributed by atoms with van der Waals surface area (Å²) in [4.78, 5) is 12.0. The number of hydrogen-bond donors (Lipinski definition) is 1. The van der Waals surface area contributed by atoms with E-state index in [-0.39, 0.29) is 30.8 Å². The molecule has 1 saturated heterocycles. The highest BCUT2D eigenvalue weighted by molar-refractivity contribution is 5.65. The van der Waals surface area contributed by atoms with Gasteiger partial charge in [0.1, 0.15) is 11.9 Å². The summed E-state index contributed by atoms with van der Waals surface area (Å²) in [6.45, 7) is -3.15. The summed E-state index contributed by atoms with van der Waals surface area (Å²) in [6, 6.07) is 2.77. The molecular weight excluding hydrogens is 353 g/mol. The molecule has 2 rings (SSSR count). The zero-order valence-electron chi connectivity index (χ0n) is 12.9. The van der Waals surface area contributed by atoms with E-state index < -0.39 is 37.2 Å². The molecule has 0 aromatic heterocycles. The Balaban J connectivity index is 2.13. The van der Waals surface area contributed by atoms with Gasteiger partial charge < -0.3 is 19.5 Å². The van der Waals surface area contributed by atoms with Crippen molar-refractivity contribution in [3.8, 4) is 5.75 Å². The van der Waals surface area contributed by atoms with E-state index in [0.29, 0.717) is 6.42 Å². The molecule has 0 bridgehead atoms. The van der Waals surface area contributed by atoms with E-state index in [1.807, 2.05) is 0 Å². The monoisotopic (exact) mass is 369 g/mol. The fourth-order valence-electron chi connectivity index (χ4n) is 2.50. The Kier molecular flexibility index (Phi) is 6.04. The highest BCUT2D eigenvalue weighted by Crippen LogP contribution is 2.33. The molecule has 1 aromatic carbocycles. The molecular formula is C15H16F5NO4. The quantitative estimate of drug-likeness (QED) is 0.779. The third-order valence-corrected chi connectivity index (χ3v) is 3.71. The van der Waals surface area contributed by atoms with Crippen molar-refractivity contribution in [2.24, 2.45) is 0 Å². The minimum Gasteiger partial charge on any atom is -0.488 e. The smallest absolute Gasteiger partial charge is 0.416 e. The van der Waals surface area contributed by atoms with Gasteiger partial charge in [0, 0.05) is 13.0 Å². The van der Waals surface area contributed by atoms with Crippen molar-refractivity contribution in [1.29, 1.82) is 0 Å². The summed E-state index contributed by atoms with van der Waals surface area (Å²) in [5, 5.41) is 8.90. The van der Waals surface area contributed by atoms with Gasteiger partial charge in [-0.25, -0.2) is 4.79 Å². The summed E-state index contributed by atoms with van der Waals surface area (Å²) in [6.07, 6.45) is -6.00. The summed E-state index contributed by atoms with van der Waals surface area (Å²) in [5.41, 5.74) is -0.852. The van der Waals surface area contributed by atoms with Gasteiger partial charge in [0.25, 0.3) is 0 Å². The summed E-state index contributed by atoms with van der Waals surface area (Å²) in [5.74, 6) is 0.100. The van der Waals surface area contributed by atoms with E-state index in [4.69, 9.17) is 9.84 Å². The first-order valence-corrected chi connectivity index (χ1v) is 7.41. The first kappa shape index (κ1) is 19.2. The Morgan fingerprint density at radius 3 is 2.64 bits per heavy atom. The lowest BCUT2D eigenvalue weighted by molar-refractivity contribution is -0.138. The lowest BCUT2D eigenvalue weighted by atomic mass is 10.1. The SMILES string of the molecule is O=C(O)N1CCC(Oc2ccc(C(F)(F)F)cc2CCOC(F)F)C1. The number of amides is 1. The van der Waals surface area contributed by atoms with Crippen LogP contribution < -0.4 is 4.74 Å². The molecule has 1 amide bonds. The van der Waals surface area contributed by atoms with E-state index in [0.717, 1.165) is 23.1 Å². The second-order valence-corrected chi connectivity index (χ2v) is 5.46. The molecule has 1 heterocycles. The first-order valence-electron chi connectivity index (χ1n) is 7.41. The van der Waals surface area contributed by atoms with Gasteiger partial charge in [-0.15, -0.1) is 0 Å². The van der Waals surface area contributed by atoms with Crippen LogP contribution >= 0.6 is 0 Å². The van der Waals surface area contributed by atoms with Gasteiger partial charge in [-0.05, 0) is 30.2 Å². The van der Waals surface area contributed by atoms with Crippen molar-refractivity contribution in [3.05, 3.63) is 29.3 Å². The lowest BCUT2D eigenvalue weighted by Crippen LogP contribution is -2.29. The van der Waals surface area contributed by atoms with E-state index in [2.05, 4.69) is 4.74 Å². The average molecular weight is 369 g/mol. The Morgan fingerprint density at radius 1 is 1.36 bits per heavy atom. The predicted molar refractivity (Wildman–Crippen MR) is 75.7 cm³/mol. The van der Waals surface area contributed by atoms with Gasteiger partial charge in [-0.2, -0.15) is 22.0 Å². The van der Waals surface area contributed by atoms with Gasteiger partial charge in [-0.3, -0.25) is 0 Å². The molecule has 1 unspecified atom stereocenters. The molecule has 5 nitrogen and oxygen atoms in total. The Labute approximate surface area is 139 Å². The van der Waals surface area contributed by atoms with Gasteiger partial charge in [0.05, 0.1) is 18.7 Å². The molecule has 140 valence electrons. The molecule has 1 fully saturated rings. The molecule has 0 aliphatic carbocycles. The fraction of sp³-hybridized carbons (Fsp3) is 0.533. The van der Waals surface area contributed by atoms with Crippen LogP contribution in [0, 0.1) is 0 Å². The highest BCUT2D eigenvalue weighted by atomic mass is 19.4. The van der Waals surface area contributed by atoms with Crippen LogP contribution in [0.5, 0.6) is 5.75 Å². The average Bonchev–Trinajstić information content (AvgIpc) is 2.96. The maximum absolute atomic E-state index is 12.8. The molecule has 0 radical (unpaired) electrons. The predicted octanol–water partition coefficient (Wildman–Crippen LogP) is 3.62. The number of benzene rings is 1. The topological polar surface area (TPSA) is 59.0 Å². The molecule has 1 aliphatic rings. The van der Waals surface area contributed by atoms with Crippen molar-refractivity contribution in [1.82, 2.24) is 4.90 Å². The van der Waals surface area contributed by atoms with Gasteiger partial charge in [0.2, 0.25) is 0 Å². The van der Waals surface area contributed by atoms with Crippen molar-refractivity contribution < 1.29 is 41.3 Å². The normalized spacial score (nSPS) is 18.0. The van der Waals surface area contributed by atoms with Crippen LogP contribution in [0.3, 0.4) is 0 Å². The number of carboxylic acid groups (broad SMARTS) is 1. The minimum absolute atomic E-state index is 0.0734. The summed E-state index contributed by atoms with van der Waals surface area (Å²) >= 11 is 0. The van der Waals surface area contributed by atoms with Crippen molar-refractivity contribution in [2.45, 2.75) is 31.7 Å². The zero-order valence-corrected chi connectivity index (χ0v) is 12.9. The maximum atomic E-state index is 12.8. The number of hydrogen-bond acceptors (Lipinski definition) is 3. The molecule has 1 aromatic rings. The largest absolute Gasteiger partial charge is 0.488 e. The zero-order chi connectivity index (χ0) is 18.6. The van der Waals surface area contributed by atoms with Crippen LogP contribution in [0.25, 0.3) is 0 Å². The second kappa shape index (κ2) is 7.85. The molecule has 1 aliphatic heterocycles. The van der Waals surface area contributed by atoms with E-state index in [1.54, 1.807) is 0 Å². The van der Waals surface area contributed by atoms with E-state index in [9.17, 15) is 26.7 Å². The number of halogens is 5. The number of ether oxygens (including phenoxy) is 2. The van der Waals surface area contributed by atoms with Crippen LogP contribution in [-0.2, 0) is 17.3 Å². The van der Waals surface area contributed by atoms with Crippen LogP contribution in [0.15, 0.2) is 18.2 Å². The summed E-state index contributed by atoms with van der Waals surface area (Å²) in [7, 11) is 0. The van der Waals surface area contributed by atoms with Crippen LogP contribution in [0.1, 0.15) is 17.5 Å². The second-order valence-electron chi connectivity index (χ2n) is 5.46. The van der Waals surface area contributed by atoms with Crippen LogP contribution in [-0.4, -0.2) is 48.5 Å². The Hall–Kier alpha value is -2.10. The third-order valence-electron chi connectivity index (χ3n) is 3.71. The molecule has 0 spiro atoms. The number of rotatable bonds is 6. The number of likely N-dealkylation sites (tertiary alicyclic amines) is 1. The first-order chi connectivity index (χ1) is 11.7. The summed E-state index contributed by atoms with van der Waals surface area (Å²) < 4.78 is 72.3. The van der Waals surface area contributed by atoms with E-state index in [1.165, 1.54) is 0 Å². The number of carbonyl (C=O) groups is 1. The van der Waals surface area contributed by atoms with E-state index >= 15 is 0 Å². The molecule has 25 heavy (non-hydrogen) atoms. The van der Waals surface area contributed by atoms with Gasteiger partial charge >= 0.3 is 18.9 Å². The number of alkyl halides is 5. The Morgan fingerprint density at radius 2 is 2.08 bits per heavy atom. The third kappa shape index (κ3) is 5.45. The molecule has 10 heteroatoms.